The molecule has 0 aliphatic rings. The molecule has 0 aliphatic carbocycles. The van der Waals surface area contributed by atoms with Gasteiger partial charge in [0.15, 0.2) is 5.16 Å². The molecule has 6 heteroatoms. The average Bonchev–Trinajstić information content (AvgIpc) is 2.71. The second-order valence-electron chi connectivity index (χ2n) is 4.44. The van der Waals surface area contributed by atoms with E-state index in [2.05, 4.69) is 16.3 Å². The van der Waals surface area contributed by atoms with Gasteiger partial charge in [-0.1, -0.05) is 11.8 Å². The number of aromatic nitrogens is 3. The molecule has 5 nitrogen and oxygen atoms in total. The van der Waals surface area contributed by atoms with Crippen LogP contribution in [0.3, 0.4) is 0 Å². The zero-order valence-electron chi connectivity index (χ0n) is 10.6. The SMILES string of the molecule is CCn1c(CN)nnc1SCCC(C)(C)C#N. The molecule has 0 bridgehead atoms. The van der Waals surface area contributed by atoms with Gasteiger partial charge in [-0.15, -0.1) is 10.2 Å². The lowest BCUT2D eigenvalue weighted by Crippen LogP contribution is -2.10. The zero-order valence-corrected chi connectivity index (χ0v) is 11.4. The molecule has 0 unspecified atom stereocenters. The Balaban J connectivity index is 2.59. The molecule has 0 aliphatic heterocycles. The van der Waals surface area contributed by atoms with E-state index in [1.54, 1.807) is 11.8 Å². The van der Waals surface area contributed by atoms with E-state index in [0.717, 1.165) is 29.7 Å². The van der Waals surface area contributed by atoms with Crippen LogP contribution in [-0.2, 0) is 13.1 Å². The van der Waals surface area contributed by atoms with Crippen molar-refractivity contribution in [1.82, 2.24) is 14.8 Å². The van der Waals surface area contributed by atoms with Crippen molar-refractivity contribution in [2.24, 2.45) is 11.1 Å². The molecule has 0 radical (unpaired) electrons. The number of nitriles is 1. The number of rotatable bonds is 6. The van der Waals surface area contributed by atoms with Gasteiger partial charge >= 0.3 is 0 Å². The highest BCUT2D eigenvalue weighted by atomic mass is 32.2. The van der Waals surface area contributed by atoms with Crippen LogP contribution in [0.25, 0.3) is 0 Å². The van der Waals surface area contributed by atoms with E-state index in [1.165, 1.54) is 0 Å². The predicted octanol–water partition coefficient (Wildman–Crippen LogP) is 1.79. The molecule has 0 spiro atoms. The maximum atomic E-state index is 8.93. The molecule has 1 rings (SSSR count). The van der Waals surface area contributed by atoms with Crippen molar-refractivity contribution >= 4 is 11.8 Å². The molecule has 94 valence electrons. The van der Waals surface area contributed by atoms with Crippen molar-refractivity contribution in [3.8, 4) is 6.07 Å². The summed E-state index contributed by atoms with van der Waals surface area (Å²) in [6.45, 7) is 7.17. The van der Waals surface area contributed by atoms with Crippen molar-refractivity contribution in [2.45, 2.75) is 45.4 Å². The predicted molar refractivity (Wildman–Crippen MR) is 68.3 cm³/mol. The molecule has 0 saturated heterocycles. The lowest BCUT2D eigenvalue weighted by atomic mass is 9.93. The Morgan fingerprint density at radius 2 is 2.18 bits per heavy atom. The summed E-state index contributed by atoms with van der Waals surface area (Å²) >= 11 is 1.63. The second-order valence-corrected chi connectivity index (χ2v) is 5.50. The summed E-state index contributed by atoms with van der Waals surface area (Å²) in [6, 6.07) is 2.30. The standard InChI is InChI=1S/C11H19N5S/c1-4-16-9(7-12)14-15-10(16)17-6-5-11(2,3)8-13/h4-7,12H2,1-3H3. The Morgan fingerprint density at radius 1 is 1.47 bits per heavy atom. The van der Waals surface area contributed by atoms with Gasteiger partial charge < -0.3 is 10.3 Å². The molecule has 1 aromatic heterocycles. The number of hydrogen-bond donors (Lipinski definition) is 1. The van der Waals surface area contributed by atoms with Gasteiger partial charge in [0.1, 0.15) is 5.82 Å². The monoisotopic (exact) mass is 253 g/mol. The smallest absolute Gasteiger partial charge is 0.191 e. The highest BCUT2D eigenvalue weighted by molar-refractivity contribution is 7.99. The quantitative estimate of drug-likeness (QED) is 0.782. The lowest BCUT2D eigenvalue weighted by molar-refractivity contribution is 0.481. The normalized spacial score (nSPS) is 11.5. The van der Waals surface area contributed by atoms with Crippen LogP contribution in [0.4, 0.5) is 0 Å². The molecule has 0 saturated carbocycles. The highest BCUT2D eigenvalue weighted by Crippen LogP contribution is 2.25. The van der Waals surface area contributed by atoms with Crippen LogP contribution in [0.2, 0.25) is 0 Å². The minimum atomic E-state index is -0.277. The van der Waals surface area contributed by atoms with Crippen LogP contribution in [0.5, 0.6) is 0 Å². The first-order valence-electron chi connectivity index (χ1n) is 5.70. The highest BCUT2D eigenvalue weighted by Gasteiger charge is 2.17. The van der Waals surface area contributed by atoms with Crippen LogP contribution in [0.1, 0.15) is 33.0 Å². The van der Waals surface area contributed by atoms with Gasteiger partial charge in [0.25, 0.3) is 0 Å². The van der Waals surface area contributed by atoms with E-state index >= 15 is 0 Å². The summed E-state index contributed by atoms with van der Waals surface area (Å²) in [7, 11) is 0. The van der Waals surface area contributed by atoms with Crippen molar-refractivity contribution in [2.75, 3.05) is 5.75 Å². The summed E-state index contributed by atoms with van der Waals surface area (Å²) in [6.07, 6.45) is 0.836. The first-order chi connectivity index (χ1) is 8.04. The van der Waals surface area contributed by atoms with Crippen molar-refractivity contribution in [3.05, 3.63) is 5.82 Å². The molecule has 0 amide bonds. The summed E-state index contributed by atoms with van der Waals surface area (Å²) < 4.78 is 2.02. The van der Waals surface area contributed by atoms with E-state index in [4.69, 9.17) is 11.0 Å². The topological polar surface area (TPSA) is 80.5 Å². The molecule has 1 aromatic rings. The van der Waals surface area contributed by atoms with Crippen molar-refractivity contribution < 1.29 is 0 Å². The van der Waals surface area contributed by atoms with Crippen molar-refractivity contribution in [1.29, 1.82) is 5.26 Å². The first-order valence-corrected chi connectivity index (χ1v) is 6.69. The van der Waals surface area contributed by atoms with Crippen molar-refractivity contribution in [3.63, 3.8) is 0 Å². The largest absolute Gasteiger partial charge is 0.324 e. The van der Waals surface area contributed by atoms with Gasteiger partial charge in [0, 0.05) is 12.3 Å². The van der Waals surface area contributed by atoms with Gasteiger partial charge in [0.2, 0.25) is 0 Å². The maximum absolute atomic E-state index is 8.93. The van der Waals surface area contributed by atoms with Gasteiger partial charge in [-0.2, -0.15) is 5.26 Å². The van der Waals surface area contributed by atoms with Crippen LogP contribution in [-0.4, -0.2) is 20.5 Å². The third-order valence-electron chi connectivity index (χ3n) is 2.55. The average molecular weight is 253 g/mol. The Hall–Kier alpha value is -1.06. The van der Waals surface area contributed by atoms with Gasteiger partial charge in [-0.3, -0.25) is 0 Å². The Kier molecular flexibility index (Phi) is 4.97. The van der Waals surface area contributed by atoms with Gasteiger partial charge in [-0.05, 0) is 27.2 Å². The van der Waals surface area contributed by atoms with E-state index in [-0.39, 0.29) is 5.41 Å². The van der Waals surface area contributed by atoms with Crippen LogP contribution >= 0.6 is 11.8 Å². The van der Waals surface area contributed by atoms with Crippen LogP contribution in [0, 0.1) is 16.7 Å². The van der Waals surface area contributed by atoms with E-state index in [0.29, 0.717) is 6.54 Å². The fraction of sp³-hybridized carbons (Fsp3) is 0.727. The van der Waals surface area contributed by atoms with E-state index in [9.17, 15) is 0 Å². The summed E-state index contributed by atoms with van der Waals surface area (Å²) in [4.78, 5) is 0. The molecule has 1 heterocycles. The number of nitrogens with two attached hydrogens (primary N) is 1. The van der Waals surface area contributed by atoms with E-state index < -0.39 is 0 Å². The maximum Gasteiger partial charge on any atom is 0.191 e. The molecular formula is C11H19N5S. The zero-order chi connectivity index (χ0) is 12.9. The number of thioether (sulfide) groups is 1. The number of nitrogens with zero attached hydrogens (tertiary/aromatic N) is 4. The van der Waals surface area contributed by atoms with Crippen LogP contribution < -0.4 is 5.73 Å². The minimum absolute atomic E-state index is 0.277. The molecule has 2 N–H and O–H groups in total. The molecule has 0 aromatic carbocycles. The van der Waals surface area contributed by atoms with Gasteiger partial charge in [0.05, 0.1) is 18.0 Å². The Labute approximate surface area is 106 Å². The third kappa shape index (κ3) is 3.72. The molecule has 0 atom stereocenters. The minimum Gasteiger partial charge on any atom is -0.324 e. The lowest BCUT2D eigenvalue weighted by Gasteiger charge is -2.14. The fourth-order valence-corrected chi connectivity index (χ4v) is 2.63. The van der Waals surface area contributed by atoms with E-state index in [1.807, 2.05) is 25.3 Å². The fourth-order valence-electron chi connectivity index (χ4n) is 1.35. The van der Waals surface area contributed by atoms with Crippen LogP contribution in [0.15, 0.2) is 5.16 Å². The summed E-state index contributed by atoms with van der Waals surface area (Å²) in [5.41, 5.74) is 5.31. The molecular weight excluding hydrogens is 234 g/mol. The Bertz CT molecular complexity index is 404. The number of hydrogen-bond acceptors (Lipinski definition) is 5. The summed E-state index contributed by atoms with van der Waals surface area (Å²) in [5, 5.41) is 18.0. The molecule has 17 heavy (non-hydrogen) atoms. The van der Waals surface area contributed by atoms with Gasteiger partial charge in [-0.25, -0.2) is 0 Å². The Morgan fingerprint density at radius 3 is 2.71 bits per heavy atom. The summed E-state index contributed by atoms with van der Waals surface area (Å²) in [5.74, 6) is 1.68. The third-order valence-corrected chi connectivity index (χ3v) is 3.52. The molecule has 0 fully saturated rings. The second kappa shape index (κ2) is 6.03. The first kappa shape index (κ1) is 14.0.